The van der Waals surface area contributed by atoms with Crippen LogP contribution < -0.4 is 5.32 Å². The zero-order valence-corrected chi connectivity index (χ0v) is 10.9. The van der Waals surface area contributed by atoms with E-state index in [0.717, 1.165) is 12.8 Å². The average molecular weight is 255 g/mol. The molecule has 5 heteroatoms. The van der Waals surface area contributed by atoms with E-state index in [-0.39, 0.29) is 11.9 Å². The lowest BCUT2D eigenvalue weighted by molar-refractivity contribution is -0.145. The van der Waals surface area contributed by atoms with E-state index in [2.05, 4.69) is 5.32 Å². The maximum atomic E-state index is 11.6. The van der Waals surface area contributed by atoms with Crippen LogP contribution in [0.4, 0.5) is 0 Å². The van der Waals surface area contributed by atoms with Crippen LogP contribution in [0.5, 0.6) is 0 Å². The van der Waals surface area contributed by atoms with Crippen molar-refractivity contribution >= 4 is 23.2 Å². The van der Waals surface area contributed by atoms with Crippen LogP contribution in [0.25, 0.3) is 0 Å². The molecule has 1 amide bonds. The number of thiophene rings is 1. The Bertz CT molecular complexity index is 362. The van der Waals surface area contributed by atoms with Crippen molar-refractivity contribution in [3.8, 4) is 0 Å². The summed E-state index contributed by atoms with van der Waals surface area (Å²) >= 11 is 1.34. The number of esters is 1. The van der Waals surface area contributed by atoms with E-state index in [9.17, 15) is 9.59 Å². The van der Waals surface area contributed by atoms with E-state index in [1.807, 2.05) is 12.3 Å². The van der Waals surface area contributed by atoms with Crippen molar-refractivity contribution in [1.29, 1.82) is 0 Å². The molecule has 1 aromatic heterocycles. The molecule has 1 N–H and O–H groups in total. The largest absolute Gasteiger partial charge is 0.464 e. The van der Waals surface area contributed by atoms with Crippen molar-refractivity contribution in [2.75, 3.05) is 6.61 Å². The molecule has 1 heterocycles. The van der Waals surface area contributed by atoms with Crippen molar-refractivity contribution in [3.05, 3.63) is 22.4 Å². The van der Waals surface area contributed by atoms with E-state index in [1.54, 1.807) is 19.1 Å². The quantitative estimate of drug-likeness (QED) is 0.626. The molecule has 1 atom stereocenters. The van der Waals surface area contributed by atoms with Gasteiger partial charge in [-0.3, -0.25) is 4.79 Å². The van der Waals surface area contributed by atoms with E-state index >= 15 is 0 Å². The number of carbonyl (C=O) groups is 2. The molecule has 0 aromatic carbocycles. The summed E-state index contributed by atoms with van der Waals surface area (Å²) in [6.07, 6.45) is 1.82. The van der Waals surface area contributed by atoms with E-state index in [0.29, 0.717) is 11.5 Å². The van der Waals surface area contributed by atoms with Crippen LogP contribution in [0.2, 0.25) is 0 Å². The summed E-state index contributed by atoms with van der Waals surface area (Å²) in [5.41, 5.74) is 0. The molecule has 1 unspecified atom stereocenters. The molecular weight excluding hydrogens is 238 g/mol. The summed E-state index contributed by atoms with van der Waals surface area (Å²) in [6, 6.07) is 2.90. The van der Waals surface area contributed by atoms with Gasteiger partial charge in [-0.05, 0) is 24.8 Å². The summed E-state index contributed by atoms with van der Waals surface area (Å²) in [5, 5.41) is 4.42. The van der Waals surface area contributed by atoms with E-state index in [1.165, 1.54) is 11.3 Å². The van der Waals surface area contributed by atoms with Gasteiger partial charge in [0, 0.05) is 0 Å². The minimum atomic E-state index is -0.610. The lowest BCUT2D eigenvalue weighted by Crippen LogP contribution is -2.39. The van der Waals surface area contributed by atoms with E-state index < -0.39 is 6.04 Å². The Labute approximate surface area is 105 Å². The number of nitrogens with one attached hydrogen (secondary N) is 1. The van der Waals surface area contributed by atoms with Crippen LogP contribution in [0.15, 0.2) is 17.5 Å². The SMILES string of the molecule is CCCCOC(=O)C(C)NC(=O)c1cccs1. The van der Waals surface area contributed by atoms with Gasteiger partial charge in [0.2, 0.25) is 0 Å². The third-order valence-corrected chi connectivity index (χ3v) is 3.06. The first kappa shape index (κ1) is 13.7. The number of hydrogen-bond donors (Lipinski definition) is 1. The number of hydrogen-bond acceptors (Lipinski definition) is 4. The van der Waals surface area contributed by atoms with Gasteiger partial charge < -0.3 is 10.1 Å². The van der Waals surface area contributed by atoms with Crippen LogP contribution in [0.3, 0.4) is 0 Å². The zero-order valence-electron chi connectivity index (χ0n) is 10.1. The first-order chi connectivity index (χ1) is 8.15. The molecule has 17 heavy (non-hydrogen) atoms. The smallest absolute Gasteiger partial charge is 0.328 e. The van der Waals surface area contributed by atoms with Gasteiger partial charge >= 0.3 is 5.97 Å². The minimum absolute atomic E-state index is 0.236. The Morgan fingerprint density at radius 2 is 2.29 bits per heavy atom. The predicted molar refractivity (Wildman–Crippen MR) is 67.1 cm³/mol. The van der Waals surface area contributed by atoms with Crippen LogP contribution in [0, 0.1) is 0 Å². The molecule has 0 saturated carbocycles. The molecule has 0 bridgehead atoms. The normalized spacial score (nSPS) is 11.9. The van der Waals surface area contributed by atoms with Crippen molar-refractivity contribution in [2.45, 2.75) is 32.7 Å². The van der Waals surface area contributed by atoms with Crippen LogP contribution >= 0.6 is 11.3 Å². The Morgan fingerprint density at radius 3 is 2.88 bits per heavy atom. The highest BCUT2D eigenvalue weighted by Crippen LogP contribution is 2.08. The highest BCUT2D eigenvalue weighted by molar-refractivity contribution is 7.12. The summed E-state index contributed by atoms with van der Waals surface area (Å²) < 4.78 is 5.01. The highest BCUT2D eigenvalue weighted by atomic mass is 32.1. The number of ether oxygens (including phenoxy) is 1. The molecule has 4 nitrogen and oxygen atoms in total. The molecule has 0 saturated heterocycles. The molecule has 0 aliphatic carbocycles. The van der Waals surface area contributed by atoms with Crippen LogP contribution in [-0.2, 0) is 9.53 Å². The molecule has 0 spiro atoms. The number of amides is 1. The molecular formula is C12H17NO3S. The Kier molecular flexibility index (Phi) is 5.69. The van der Waals surface area contributed by atoms with Crippen molar-refractivity contribution < 1.29 is 14.3 Å². The second kappa shape index (κ2) is 7.06. The molecule has 0 fully saturated rings. The highest BCUT2D eigenvalue weighted by Gasteiger charge is 2.17. The fraction of sp³-hybridized carbons (Fsp3) is 0.500. The third kappa shape index (κ3) is 4.56. The fourth-order valence-electron chi connectivity index (χ4n) is 1.18. The maximum Gasteiger partial charge on any atom is 0.328 e. The molecule has 0 radical (unpaired) electrons. The predicted octanol–water partition coefficient (Wildman–Crippen LogP) is 2.21. The number of rotatable bonds is 6. The van der Waals surface area contributed by atoms with Crippen LogP contribution in [0.1, 0.15) is 36.4 Å². The summed E-state index contributed by atoms with van der Waals surface area (Å²) in [5.74, 6) is -0.622. The van der Waals surface area contributed by atoms with Gasteiger partial charge in [0.25, 0.3) is 5.91 Å². The molecule has 1 rings (SSSR count). The molecule has 0 aliphatic rings. The van der Waals surface area contributed by atoms with Gasteiger partial charge in [-0.15, -0.1) is 11.3 Å². The first-order valence-electron chi connectivity index (χ1n) is 5.66. The molecule has 0 aliphatic heterocycles. The van der Waals surface area contributed by atoms with Gasteiger partial charge in [0.05, 0.1) is 11.5 Å². The van der Waals surface area contributed by atoms with Gasteiger partial charge in [-0.2, -0.15) is 0 Å². The minimum Gasteiger partial charge on any atom is -0.464 e. The topological polar surface area (TPSA) is 55.4 Å². The Morgan fingerprint density at radius 1 is 1.53 bits per heavy atom. The molecule has 94 valence electrons. The van der Waals surface area contributed by atoms with Crippen LogP contribution in [-0.4, -0.2) is 24.5 Å². The zero-order chi connectivity index (χ0) is 12.7. The summed E-state index contributed by atoms with van der Waals surface area (Å²) in [4.78, 5) is 23.7. The monoisotopic (exact) mass is 255 g/mol. The third-order valence-electron chi connectivity index (χ3n) is 2.19. The van der Waals surface area contributed by atoms with Gasteiger partial charge in [0.15, 0.2) is 0 Å². The second-order valence-electron chi connectivity index (χ2n) is 3.69. The molecule has 1 aromatic rings. The van der Waals surface area contributed by atoms with E-state index in [4.69, 9.17) is 4.74 Å². The summed E-state index contributed by atoms with van der Waals surface area (Å²) in [6.45, 7) is 4.06. The number of unbranched alkanes of at least 4 members (excludes halogenated alkanes) is 1. The van der Waals surface area contributed by atoms with Crippen molar-refractivity contribution in [2.24, 2.45) is 0 Å². The van der Waals surface area contributed by atoms with Gasteiger partial charge in [-0.25, -0.2) is 4.79 Å². The van der Waals surface area contributed by atoms with Gasteiger partial charge in [-0.1, -0.05) is 19.4 Å². The van der Waals surface area contributed by atoms with Crippen molar-refractivity contribution in [1.82, 2.24) is 5.32 Å². The lowest BCUT2D eigenvalue weighted by atomic mass is 10.3. The van der Waals surface area contributed by atoms with Gasteiger partial charge in [0.1, 0.15) is 6.04 Å². The maximum absolute atomic E-state index is 11.6. The average Bonchev–Trinajstić information content (AvgIpc) is 2.82. The number of carbonyl (C=O) groups excluding carboxylic acids is 2. The fourth-order valence-corrected chi connectivity index (χ4v) is 1.80. The Balaban J connectivity index is 2.35. The standard InChI is InChI=1S/C12H17NO3S/c1-3-4-7-16-12(15)9(2)13-11(14)10-6-5-8-17-10/h5-6,8-9H,3-4,7H2,1-2H3,(H,13,14). The lowest BCUT2D eigenvalue weighted by Gasteiger charge is -2.12. The van der Waals surface area contributed by atoms with Crippen molar-refractivity contribution in [3.63, 3.8) is 0 Å². The summed E-state index contributed by atoms with van der Waals surface area (Å²) in [7, 11) is 0. The first-order valence-corrected chi connectivity index (χ1v) is 6.54. The Hall–Kier alpha value is -1.36. The second-order valence-corrected chi connectivity index (χ2v) is 4.64.